The predicted octanol–water partition coefficient (Wildman–Crippen LogP) is 4.40. The van der Waals surface area contributed by atoms with Gasteiger partial charge in [-0.2, -0.15) is 0 Å². The smallest absolute Gasteiger partial charge is 0.316 e. The lowest BCUT2D eigenvalue weighted by molar-refractivity contribution is -0.142. The molecule has 1 N–H and O–H groups in total. The van der Waals surface area contributed by atoms with E-state index in [0.29, 0.717) is 5.92 Å². The number of fused-ring (bicyclic) bond motifs is 1. The van der Waals surface area contributed by atoms with Crippen LogP contribution in [0.25, 0.3) is 10.8 Å². The van der Waals surface area contributed by atoms with Crippen molar-refractivity contribution in [2.75, 3.05) is 0 Å². The summed E-state index contributed by atoms with van der Waals surface area (Å²) < 4.78 is 25.6. The lowest BCUT2D eigenvalue weighted by Gasteiger charge is -2.13. The number of hydrogen-bond donors (Lipinski definition) is 1. The van der Waals surface area contributed by atoms with Crippen molar-refractivity contribution < 1.29 is 18.7 Å². The molecule has 0 radical (unpaired) electrons. The molecule has 0 amide bonds. The summed E-state index contributed by atoms with van der Waals surface area (Å²) in [7, 11) is 0. The Labute approximate surface area is 116 Å². The minimum Gasteiger partial charge on any atom is -0.481 e. The van der Waals surface area contributed by atoms with Crippen molar-refractivity contribution in [1.29, 1.82) is 0 Å². The maximum Gasteiger partial charge on any atom is 0.316 e. The van der Waals surface area contributed by atoms with E-state index >= 15 is 0 Å². The summed E-state index contributed by atoms with van der Waals surface area (Å²) in [6.45, 7) is 4.15. The molecule has 1 atom stereocenters. The number of carbonyl (C=O) groups is 1. The molecule has 2 aromatic rings. The number of carboxylic acid groups (broad SMARTS) is 1. The summed E-state index contributed by atoms with van der Waals surface area (Å²) in [4.78, 5) is 10.9. The first-order valence-corrected chi connectivity index (χ1v) is 6.44. The molecule has 106 valence electrons. The minimum absolute atomic E-state index is 0.136. The van der Waals surface area contributed by atoms with E-state index in [-0.39, 0.29) is 5.56 Å². The normalized spacial score (nSPS) is 13.1. The van der Waals surface area contributed by atoms with Crippen LogP contribution in [0.5, 0.6) is 0 Å². The highest BCUT2D eigenvalue weighted by Crippen LogP contribution is 2.28. The van der Waals surface area contributed by atoms with E-state index in [4.69, 9.17) is 5.11 Å². The van der Waals surface area contributed by atoms with Crippen LogP contribution in [0.2, 0.25) is 0 Å². The number of rotatable bonds is 4. The number of aliphatic carboxylic acids is 1. The van der Waals surface area contributed by atoms with E-state index in [1.54, 1.807) is 6.07 Å². The maximum absolute atomic E-state index is 12.8. The molecule has 0 bridgehead atoms. The number of benzene rings is 2. The quantitative estimate of drug-likeness (QED) is 0.900. The Bertz CT molecular complexity index is 635. The van der Waals surface area contributed by atoms with Crippen molar-refractivity contribution >= 4 is 16.7 Å². The zero-order valence-corrected chi connectivity index (χ0v) is 11.3. The van der Waals surface area contributed by atoms with E-state index in [1.165, 1.54) is 12.1 Å². The van der Waals surface area contributed by atoms with Gasteiger partial charge in [0.2, 0.25) is 0 Å². The summed E-state index contributed by atoms with van der Waals surface area (Å²) in [6, 6.07) is 10.5. The molecule has 0 aliphatic heterocycles. The van der Waals surface area contributed by atoms with Gasteiger partial charge in [0.1, 0.15) is 5.92 Å². The Hall–Kier alpha value is -1.97. The van der Waals surface area contributed by atoms with Crippen LogP contribution < -0.4 is 0 Å². The molecule has 4 heteroatoms. The summed E-state index contributed by atoms with van der Waals surface area (Å²) >= 11 is 0. The van der Waals surface area contributed by atoms with Crippen LogP contribution in [-0.2, 0) is 4.79 Å². The molecule has 0 aromatic heterocycles. The molecule has 0 saturated carbocycles. The highest BCUT2D eigenvalue weighted by molar-refractivity contribution is 5.86. The molecule has 2 nitrogen and oxygen atoms in total. The van der Waals surface area contributed by atoms with Crippen LogP contribution >= 0.6 is 0 Å². The van der Waals surface area contributed by atoms with E-state index in [9.17, 15) is 13.6 Å². The summed E-state index contributed by atoms with van der Waals surface area (Å²) in [5.41, 5.74) is 1.30. The van der Waals surface area contributed by atoms with Crippen molar-refractivity contribution in [3.05, 3.63) is 47.5 Å². The molecule has 0 saturated heterocycles. The van der Waals surface area contributed by atoms with E-state index < -0.39 is 18.3 Å². The second-order valence-electron chi connectivity index (χ2n) is 5.17. The average molecular weight is 278 g/mol. The zero-order valence-electron chi connectivity index (χ0n) is 11.3. The average Bonchev–Trinajstić information content (AvgIpc) is 2.37. The third-order valence-electron chi connectivity index (χ3n) is 3.43. The molecule has 20 heavy (non-hydrogen) atoms. The largest absolute Gasteiger partial charge is 0.481 e. The molecular weight excluding hydrogens is 262 g/mol. The van der Waals surface area contributed by atoms with Gasteiger partial charge in [-0.3, -0.25) is 4.79 Å². The monoisotopic (exact) mass is 278 g/mol. The van der Waals surface area contributed by atoms with Gasteiger partial charge in [-0.05, 0) is 27.8 Å². The van der Waals surface area contributed by atoms with Gasteiger partial charge in [-0.15, -0.1) is 0 Å². The Balaban J connectivity index is 2.49. The van der Waals surface area contributed by atoms with Gasteiger partial charge in [-0.1, -0.05) is 50.2 Å². The second kappa shape index (κ2) is 5.57. The summed E-state index contributed by atoms with van der Waals surface area (Å²) in [6.07, 6.45) is -2.92. The van der Waals surface area contributed by atoms with E-state index in [2.05, 4.69) is 13.8 Å². The van der Waals surface area contributed by atoms with Crippen LogP contribution in [0.1, 0.15) is 36.8 Å². The van der Waals surface area contributed by atoms with Gasteiger partial charge < -0.3 is 5.11 Å². The van der Waals surface area contributed by atoms with E-state index in [1.807, 2.05) is 18.2 Å². The molecule has 2 aromatic carbocycles. The van der Waals surface area contributed by atoms with Crippen LogP contribution in [0.15, 0.2) is 36.4 Å². The third-order valence-corrected chi connectivity index (χ3v) is 3.43. The molecule has 0 spiro atoms. The van der Waals surface area contributed by atoms with Crippen LogP contribution in [0.3, 0.4) is 0 Å². The fraction of sp³-hybridized carbons (Fsp3) is 0.312. The van der Waals surface area contributed by atoms with Gasteiger partial charge in [0.05, 0.1) is 0 Å². The highest BCUT2D eigenvalue weighted by atomic mass is 19.3. The van der Waals surface area contributed by atoms with Crippen LogP contribution in [-0.4, -0.2) is 17.5 Å². The first-order chi connectivity index (χ1) is 9.40. The fourth-order valence-corrected chi connectivity index (χ4v) is 2.23. The van der Waals surface area contributed by atoms with Gasteiger partial charge in [0, 0.05) is 0 Å². The molecule has 1 unspecified atom stereocenters. The summed E-state index contributed by atoms with van der Waals surface area (Å²) in [5.74, 6) is -2.89. The first kappa shape index (κ1) is 14.4. The zero-order chi connectivity index (χ0) is 14.9. The first-order valence-electron chi connectivity index (χ1n) is 6.44. The Morgan fingerprint density at radius 1 is 1.00 bits per heavy atom. The van der Waals surface area contributed by atoms with Crippen molar-refractivity contribution in [2.24, 2.45) is 0 Å². The summed E-state index contributed by atoms with van der Waals surface area (Å²) in [5, 5.41) is 10.6. The lowest BCUT2D eigenvalue weighted by atomic mass is 9.94. The van der Waals surface area contributed by atoms with Crippen molar-refractivity contribution in [2.45, 2.75) is 32.1 Å². The molecule has 0 heterocycles. The lowest BCUT2D eigenvalue weighted by Crippen LogP contribution is -2.19. The molecule has 0 aliphatic carbocycles. The molecule has 2 rings (SSSR count). The van der Waals surface area contributed by atoms with E-state index in [0.717, 1.165) is 16.3 Å². The topological polar surface area (TPSA) is 37.3 Å². The number of alkyl halides is 2. The number of halogens is 2. The molecular formula is C16H16F2O2. The molecule has 0 aliphatic rings. The van der Waals surface area contributed by atoms with Gasteiger partial charge in [0.25, 0.3) is 6.43 Å². The number of hydrogen-bond acceptors (Lipinski definition) is 1. The van der Waals surface area contributed by atoms with Crippen molar-refractivity contribution in [1.82, 2.24) is 0 Å². The van der Waals surface area contributed by atoms with Crippen molar-refractivity contribution in [3.8, 4) is 0 Å². The standard InChI is InChI=1S/C16H16F2O2/c1-9(2)10-3-4-12-8-13(6-5-11(12)7-10)14(15(17)18)16(19)20/h3-9,14-15H,1-2H3,(H,19,20). The predicted molar refractivity (Wildman–Crippen MR) is 74.4 cm³/mol. The Kier molecular flexibility index (Phi) is 4.02. The second-order valence-corrected chi connectivity index (χ2v) is 5.17. The Morgan fingerprint density at radius 2 is 1.50 bits per heavy atom. The van der Waals surface area contributed by atoms with Gasteiger partial charge in [-0.25, -0.2) is 8.78 Å². The fourth-order valence-electron chi connectivity index (χ4n) is 2.23. The Morgan fingerprint density at radius 3 is 1.95 bits per heavy atom. The molecule has 0 fully saturated rings. The SMILES string of the molecule is CC(C)c1ccc2cc(C(C(=O)O)C(F)F)ccc2c1. The third kappa shape index (κ3) is 2.79. The minimum atomic E-state index is -2.92. The van der Waals surface area contributed by atoms with Gasteiger partial charge >= 0.3 is 5.97 Å². The number of carboxylic acids is 1. The van der Waals surface area contributed by atoms with Crippen molar-refractivity contribution in [3.63, 3.8) is 0 Å². The van der Waals surface area contributed by atoms with Gasteiger partial charge in [0.15, 0.2) is 0 Å². The van der Waals surface area contributed by atoms with Crippen LogP contribution in [0, 0.1) is 0 Å². The van der Waals surface area contributed by atoms with Crippen LogP contribution in [0.4, 0.5) is 8.78 Å². The highest BCUT2D eigenvalue weighted by Gasteiger charge is 2.29. The maximum atomic E-state index is 12.8.